The Kier molecular flexibility index (Phi) is 8.97. The van der Waals surface area contributed by atoms with Crippen LogP contribution in [0.15, 0.2) is 194 Å². The summed E-state index contributed by atoms with van der Waals surface area (Å²) < 4.78 is 4.63. The maximum atomic E-state index is 13.9. The zero-order chi connectivity index (χ0) is 35.5. The Morgan fingerprint density at radius 2 is 0.800 bits per heavy atom. The van der Waals surface area contributed by atoms with E-state index in [4.69, 9.17) is 0 Å². The second-order valence-electron chi connectivity index (χ2n) is 14.0. The lowest BCUT2D eigenvalue weighted by atomic mass is 9.76. The molecular weight excluding hydrogens is 669 g/mol. The van der Waals surface area contributed by atoms with Crippen LogP contribution in [0.25, 0.3) is 66.1 Å². The fourth-order valence-corrected chi connectivity index (χ4v) is 8.45. The fraction of sp³-hybridized carbons (Fsp3) is 0.0769. The van der Waals surface area contributed by atoms with Crippen LogP contribution < -0.4 is 0 Å². The summed E-state index contributed by atoms with van der Waals surface area (Å²) >= 11 is 0. The first-order chi connectivity index (χ1) is 26.1. The average Bonchev–Trinajstić information content (AvgIpc) is 3.74. The molecule has 0 spiro atoms. The Bertz CT molecular complexity index is 2720. The average molecular weight is 713 g/mol. The topological polar surface area (TPSA) is 30.1 Å². The van der Waals surface area contributed by atoms with Gasteiger partial charge in [0.15, 0.2) is 0 Å². The minimum atomic E-state index is -1.53. The van der Waals surface area contributed by atoms with Crippen molar-refractivity contribution in [3.63, 3.8) is 0 Å². The number of aromatic nitrogens is 2. The molecule has 268 valence electrons. The van der Waals surface area contributed by atoms with Crippen LogP contribution in [0.1, 0.15) is 37.1 Å². The lowest BCUT2D eigenvalue weighted by molar-refractivity contribution is 0.126. The van der Waals surface area contributed by atoms with Crippen LogP contribution in [0.3, 0.4) is 0 Å². The lowest BCUT2D eigenvalue weighted by Crippen LogP contribution is -2.30. The zero-order valence-electron chi connectivity index (χ0n) is 29.3. The molecule has 0 bridgehead atoms. The number of para-hydroxylation sites is 4. The van der Waals surface area contributed by atoms with Crippen molar-refractivity contribution >= 4 is 43.6 Å². The van der Waals surface area contributed by atoms with Crippen molar-refractivity contribution in [3.05, 3.63) is 216 Å². The first kappa shape index (κ1) is 35.4. The predicted molar refractivity (Wildman–Crippen MR) is 234 cm³/mol. The van der Waals surface area contributed by atoms with Crippen molar-refractivity contribution in [1.29, 1.82) is 0 Å². The van der Waals surface area contributed by atoms with Crippen molar-refractivity contribution in [2.24, 2.45) is 0 Å². The van der Waals surface area contributed by atoms with Gasteiger partial charge in [0, 0.05) is 38.5 Å². The highest BCUT2D eigenvalue weighted by atomic mass is 16.3. The first-order valence-corrected chi connectivity index (χ1v) is 18.2. The van der Waals surface area contributed by atoms with Crippen molar-refractivity contribution in [3.8, 4) is 22.5 Å². The Morgan fingerprint density at radius 1 is 0.400 bits per heavy atom. The number of aliphatic hydroxyl groups is 1. The van der Waals surface area contributed by atoms with Crippen LogP contribution in [0.2, 0.25) is 0 Å². The highest BCUT2D eigenvalue weighted by Gasteiger charge is 2.37. The lowest BCUT2D eigenvalue weighted by Gasteiger charge is -2.33. The minimum absolute atomic E-state index is 0. The quantitative estimate of drug-likeness (QED) is 0.171. The molecule has 55 heavy (non-hydrogen) atoms. The van der Waals surface area contributed by atoms with Gasteiger partial charge < -0.3 is 14.2 Å². The Morgan fingerprint density at radius 3 is 1.24 bits per heavy atom. The fourth-order valence-electron chi connectivity index (χ4n) is 8.45. The molecule has 0 aliphatic carbocycles. The number of benzene rings is 8. The van der Waals surface area contributed by atoms with Gasteiger partial charge in [0.2, 0.25) is 0 Å². The van der Waals surface area contributed by atoms with E-state index in [2.05, 4.69) is 204 Å². The maximum absolute atomic E-state index is 13.9. The normalized spacial score (nSPS) is 11.5. The van der Waals surface area contributed by atoms with E-state index in [0.717, 1.165) is 66.8 Å². The van der Waals surface area contributed by atoms with Gasteiger partial charge in [-0.25, -0.2) is 0 Å². The molecule has 3 heteroatoms. The van der Waals surface area contributed by atoms with E-state index in [-0.39, 0.29) is 14.9 Å². The summed E-state index contributed by atoms with van der Waals surface area (Å²) in [4.78, 5) is 0. The first-order valence-electron chi connectivity index (χ1n) is 18.2. The molecule has 2 aromatic heterocycles. The van der Waals surface area contributed by atoms with Crippen molar-refractivity contribution < 1.29 is 5.11 Å². The number of fused-ring (bicyclic) bond motifs is 6. The summed E-state index contributed by atoms with van der Waals surface area (Å²) in [6.45, 7) is 2.10. The smallest absolute Gasteiger partial charge is 0.141 e. The van der Waals surface area contributed by atoms with Crippen LogP contribution in [0.5, 0.6) is 0 Å². The molecular formula is C52H44N2O. The van der Waals surface area contributed by atoms with E-state index in [0.29, 0.717) is 0 Å². The SMILES string of the molecule is C.C.Cc1ccc(-c2ccccc2)c(C(O)(c2cccc(-n3c4ccccc4c4ccccc43)c2)c2cccc(-n3c4ccccc4c4ccccc43)c2)c1. The number of aryl methyl sites for hydroxylation is 1. The molecule has 0 aliphatic heterocycles. The third-order valence-corrected chi connectivity index (χ3v) is 10.9. The molecule has 2 heterocycles. The van der Waals surface area contributed by atoms with Gasteiger partial charge in [-0.3, -0.25) is 0 Å². The molecule has 0 saturated carbocycles. The Labute approximate surface area is 323 Å². The van der Waals surface area contributed by atoms with Gasteiger partial charge >= 0.3 is 0 Å². The van der Waals surface area contributed by atoms with E-state index >= 15 is 0 Å². The molecule has 3 nitrogen and oxygen atoms in total. The Hall–Kier alpha value is -6.68. The largest absolute Gasteiger partial charge is 0.376 e. The molecule has 10 aromatic rings. The van der Waals surface area contributed by atoms with Gasteiger partial charge in [-0.05, 0) is 77.7 Å². The second-order valence-corrected chi connectivity index (χ2v) is 14.0. The van der Waals surface area contributed by atoms with E-state index in [1.54, 1.807) is 0 Å². The van der Waals surface area contributed by atoms with Crippen molar-refractivity contribution in [2.75, 3.05) is 0 Å². The molecule has 0 saturated heterocycles. The van der Waals surface area contributed by atoms with Gasteiger partial charge in [-0.2, -0.15) is 0 Å². The van der Waals surface area contributed by atoms with E-state index in [9.17, 15) is 5.11 Å². The highest BCUT2D eigenvalue weighted by molar-refractivity contribution is 6.10. The van der Waals surface area contributed by atoms with Crippen LogP contribution in [0, 0.1) is 6.92 Å². The van der Waals surface area contributed by atoms with Gasteiger partial charge in [-0.1, -0.05) is 166 Å². The van der Waals surface area contributed by atoms with Crippen LogP contribution in [-0.2, 0) is 5.60 Å². The molecule has 10 rings (SSSR count). The Balaban J connectivity index is 0.00000214. The summed E-state index contributed by atoms with van der Waals surface area (Å²) in [6, 6.07) is 68.0. The number of hydrogen-bond acceptors (Lipinski definition) is 1. The van der Waals surface area contributed by atoms with Crippen molar-refractivity contribution in [1.82, 2.24) is 9.13 Å². The van der Waals surface area contributed by atoms with Crippen molar-refractivity contribution in [2.45, 2.75) is 27.4 Å². The molecule has 0 radical (unpaired) electrons. The number of hydrogen-bond donors (Lipinski definition) is 1. The van der Waals surface area contributed by atoms with Gasteiger partial charge in [0.1, 0.15) is 5.60 Å². The third kappa shape index (κ3) is 5.55. The van der Waals surface area contributed by atoms with E-state index in [1.807, 2.05) is 6.07 Å². The van der Waals surface area contributed by atoms with E-state index < -0.39 is 5.60 Å². The molecule has 0 atom stereocenters. The predicted octanol–water partition coefficient (Wildman–Crippen LogP) is 13.4. The molecule has 0 unspecified atom stereocenters. The van der Waals surface area contributed by atoms with Crippen LogP contribution in [0.4, 0.5) is 0 Å². The number of rotatable bonds is 6. The van der Waals surface area contributed by atoms with Gasteiger partial charge in [0.05, 0.1) is 22.1 Å². The van der Waals surface area contributed by atoms with Gasteiger partial charge in [-0.15, -0.1) is 0 Å². The van der Waals surface area contributed by atoms with Crippen LogP contribution >= 0.6 is 0 Å². The zero-order valence-corrected chi connectivity index (χ0v) is 29.3. The second kappa shape index (κ2) is 13.9. The standard InChI is InChI=1S/C50H36N2O.2CH4/c1-34-29-30-40(35-15-3-2-4-16-35)45(31-34)50(53,36-17-13-19-38(32-36)51-46-25-9-5-21-41(46)42-22-6-10-26-47(42)51)37-18-14-20-39(33-37)52-48-27-11-7-23-43(48)44-24-8-12-28-49(44)52;;/h2-33,53H,1H3;2*1H4. The highest BCUT2D eigenvalue weighted by Crippen LogP contribution is 2.44. The molecule has 8 aromatic carbocycles. The molecule has 0 amide bonds. The van der Waals surface area contributed by atoms with Gasteiger partial charge in [0.25, 0.3) is 0 Å². The molecule has 1 N–H and O–H groups in total. The summed E-state index contributed by atoms with van der Waals surface area (Å²) in [6.07, 6.45) is 0. The molecule has 0 fully saturated rings. The summed E-state index contributed by atoms with van der Waals surface area (Å²) in [5.74, 6) is 0. The maximum Gasteiger partial charge on any atom is 0.141 e. The van der Waals surface area contributed by atoms with Crippen LogP contribution in [-0.4, -0.2) is 14.2 Å². The molecule has 0 aliphatic rings. The summed E-state index contributed by atoms with van der Waals surface area (Å²) in [5, 5.41) is 18.7. The monoisotopic (exact) mass is 712 g/mol. The van der Waals surface area contributed by atoms with E-state index in [1.165, 1.54) is 21.5 Å². The number of nitrogens with zero attached hydrogens (tertiary/aromatic N) is 2. The summed E-state index contributed by atoms with van der Waals surface area (Å²) in [7, 11) is 0. The minimum Gasteiger partial charge on any atom is -0.376 e. The third-order valence-electron chi connectivity index (χ3n) is 10.9. The summed E-state index contributed by atoms with van der Waals surface area (Å²) in [5.41, 5.74) is 10.5.